The Bertz CT molecular complexity index is 1090. The molecule has 0 N–H and O–H groups in total. The molecule has 0 saturated heterocycles. The molecule has 0 saturated carbocycles. The van der Waals surface area contributed by atoms with Gasteiger partial charge in [-0.05, 0) is 30.7 Å². The Labute approximate surface area is 151 Å². The van der Waals surface area contributed by atoms with Gasteiger partial charge in [0.2, 0.25) is 0 Å². The lowest BCUT2D eigenvalue weighted by Crippen LogP contribution is -1.96. The molecule has 2 aromatic heterocycles. The standard InChI is InChI=1S/C22H17N3O/c1-15(26)13-16-9-11-17(12-10-16)19-7-4-8-21(24-19)22-23-14-18-5-2-3-6-20(18)25-22/h2-12,14H,13H2,1H3. The van der Waals surface area contributed by atoms with Crippen LogP contribution in [0.4, 0.5) is 0 Å². The highest BCUT2D eigenvalue weighted by molar-refractivity contribution is 5.79. The molecule has 0 aliphatic carbocycles. The second-order valence-electron chi connectivity index (χ2n) is 6.24. The molecule has 0 spiro atoms. The molecule has 0 aliphatic heterocycles. The second kappa shape index (κ2) is 6.84. The number of aromatic nitrogens is 3. The summed E-state index contributed by atoms with van der Waals surface area (Å²) in [5.74, 6) is 0.769. The van der Waals surface area contributed by atoms with E-state index < -0.39 is 0 Å². The van der Waals surface area contributed by atoms with Gasteiger partial charge in [0.05, 0.1) is 11.2 Å². The van der Waals surface area contributed by atoms with Crippen molar-refractivity contribution in [1.82, 2.24) is 15.0 Å². The van der Waals surface area contributed by atoms with E-state index in [1.54, 1.807) is 6.92 Å². The van der Waals surface area contributed by atoms with E-state index in [9.17, 15) is 4.79 Å². The molecule has 126 valence electrons. The van der Waals surface area contributed by atoms with Gasteiger partial charge in [0.25, 0.3) is 0 Å². The van der Waals surface area contributed by atoms with Crippen molar-refractivity contribution >= 4 is 16.7 Å². The fraction of sp³-hybridized carbons (Fsp3) is 0.0909. The molecule has 2 aromatic carbocycles. The first-order chi connectivity index (χ1) is 12.7. The lowest BCUT2D eigenvalue weighted by Gasteiger charge is -2.06. The molecule has 0 fully saturated rings. The Morgan fingerprint density at radius 2 is 1.62 bits per heavy atom. The molecular formula is C22H17N3O. The van der Waals surface area contributed by atoms with Gasteiger partial charge in [-0.1, -0.05) is 48.5 Å². The highest BCUT2D eigenvalue weighted by Gasteiger charge is 2.07. The summed E-state index contributed by atoms with van der Waals surface area (Å²) >= 11 is 0. The fourth-order valence-corrected chi connectivity index (χ4v) is 2.90. The lowest BCUT2D eigenvalue weighted by atomic mass is 10.0. The molecule has 26 heavy (non-hydrogen) atoms. The van der Waals surface area contributed by atoms with Crippen LogP contribution in [0, 0.1) is 0 Å². The van der Waals surface area contributed by atoms with Crippen molar-refractivity contribution in [2.24, 2.45) is 0 Å². The highest BCUT2D eigenvalue weighted by Crippen LogP contribution is 2.22. The summed E-state index contributed by atoms with van der Waals surface area (Å²) in [5.41, 5.74) is 4.50. The van der Waals surface area contributed by atoms with Gasteiger partial charge in [-0.15, -0.1) is 0 Å². The Morgan fingerprint density at radius 1 is 0.846 bits per heavy atom. The first kappa shape index (κ1) is 16.1. The first-order valence-corrected chi connectivity index (χ1v) is 8.47. The molecular weight excluding hydrogens is 322 g/mol. The average molecular weight is 339 g/mol. The molecule has 0 radical (unpaired) electrons. The van der Waals surface area contributed by atoms with Crippen LogP contribution in [-0.2, 0) is 11.2 Å². The summed E-state index contributed by atoms with van der Waals surface area (Å²) in [5, 5.41) is 1.01. The number of ketones is 1. The highest BCUT2D eigenvalue weighted by atomic mass is 16.1. The third-order valence-electron chi connectivity index (χ3n) is 4.17. The minimum Gasteiger partial charge on any atom is -0.300 e. The number of carbonyl (C=O) groups excluding carboxylic acids is 1. The van der Waals surface area contributed by atoms with Gasteiger partial charge in [-0.25, -0.2) is 15.0 Å². The van der Waals surface area contributed by atoms with Gasteiger partial charge in [0, 0.05) is 23.6 Å². The van der Waals surface area contributed by atoms with Crippen LogP contribution in [0.1, 0.15) is 12.5 Å². The number of Topliss-reactive ketones (excluding diaryl/α,β-unsaturated/α-hetero) is 1. The van der Waals surface area contributed by atoms with E-state index >= 15 is 0 Å². The van der Waals surface area contributed by atoms with Crippen molar-refractivity contribution in [2.75, 3.05) is 0 Å². The van der Waals surface area contributed by atoms with Crippen molar-refractivity contribution in [3.8, 4) is 22.8 Å². The van der Waals surface area contributed by atoms with Crippen LogP contribution in [0.5, 0.6) is 0 Å². The Morgan fingerprint density at radius 3 is 2.42 bits per heavy atom. The van der Waals surface area contributed by atoms with E-state index in [1.165, 1.54) is 0 Å². The molecule has 4 aromatic rings. The zero-order chi connectivity index (χ0) is 17.9. The number of benzene rings is 2. The third kappa shape index (κ3) is 3.35. The van der Waals surface area contributed by atoms with E-state index in [1.807, 2.05) is 72.9 Å². The maximum absolute atomic E-state index is 11.2. The Kier molecular flexibility index (Phi) is 4.23. The summed E-state index contributed by atoms with van der Waals surface area (Å²) in [7, 11) is 0. The number of rotatable bonds is 4. The third-order valence-corrected chi connectivity index (χ3v) is 4.17. The van der Waals surface area contributed by atoms with E-state index in [-0.39, 0.29) is 5.78 Å². The monoisotopic (exact) mass is 339 g/mol. The molecule has 2 heterocycles. The summed E-state index contributed by atoms with van der Waals surface area (Å²) in [6, 6.07) is 21.7. The van der Waals surface area contributed by atoms with Crippen LogP contribution >= 0.6 is 0 Å². The maximum atomic E-state index is 11.2. The van der Waals surface area contributed by atoms with Crippen LogP contribution in [0.25, 0.3) is 33.7 Å². The van der Waals surface area contributed by atoms with Crippen molar-refractivity contribution in [1.29, 1.82) is 0 Å². The zero-order valence-corrected chi connectivity index (χ0v) is 14.4. The second-order valence-corrected chi connectivity index (χ2v) is 6.24. The van der Waals surface area contributed by atoms with Crippen LogP contribution in [0.15, 0.2) is 72.9 Å². The van der Waals surface area contributed by atoms with Crippen molar-refractivity contribution in [3.05, 3.63) is 78.5 Å². The quantitative estimate of drug-likeness (QED) is 0.550. The van der Waals surface area contributed by atoms with E-state index in [0.29, 0.717) is 12.2 Å². The Balaban J connectivity index is 1.68. The number of hydrogen-bond donors (Lipinski definition) is 0. The number of pyridine rings is 1. The van der Waals surface area contributed by atoms with Gasteiger partial charge in [0.15, 0.2) is 5.82 Å². The lowest BCUT2D eigenvalue weighted by molar-refractivity contribution is -0.116. The minimum atomic E-state index is 0.159. The smallest absolute Gasteiger partial charge is 0.178 e. The van der Waals surface area contributed by atoms with E-state index in [0.717, 1.165) is 33.4 Å². The predicted octanol–water partition coefficient (Wildman–Crippen LogP) is 4.49. The number of nitrogens with zero attached hydrogens (tertiary/aromatic N) is 3. The molecule has 0 aliphatic rings. The van der Waals surface area contributed by atoms with E-state index in [4.69, 9.17) is 4.98 Å². The van der Waals surface area contributed by atoms with Crippen LogP contribution in [0.2, 0.25) is 0 Å². The van der Waals surface area contributed by atoms with Gasteiger partial charge < -0.3 is 0 Å². The minimum absolute atomic E-state index is 0.159. The average Bonchev–Trinajstić information content (AvgIpc) is 2.68. The largest absolute Gasteiger partial charge is 0.300 e. The number of fused-ring (bicyclic) bond motifs is 1. The van der Waals surface area contributed by atoms with Crippen molar-refractivity contribution < 1.29 is 4.79 Å². The number of carbonyl (C=O) groups is 1. The molecule has 0 amide bonds. The maximum Gasteiger partial charge on any atom is 0.178 e. The normalized spacial score (nSPS) is 10.8. The summed E-state index contributed by atoms with van der Waals surface area (Å²) in [6.45, 7) is 1.60. The van der Waals surface area contributed by atoms with E-state index in [2.05, 4.69) is 9.97 Å². The topological polar surface area (TPSA) is 55.7 Å². The molecule has 0 bridgehead atoms. The molecule has 4 nitrogen and oxygen atoms in total. The van der Waals surface area contributed by atoms with Crippen LogP contribution in [-0.4, -0.2) is 20.7 Å². The zero-order valence-electron chi connectivity index (χ0n) is 14.4. The number of para-hydroxylation sites is 1. The summed E-state index contributed by atoms with van der Waals surface area (Å²) in [4.78, 5) is 25.0. The number of hydrogen-bond acceptors (Lipinski definition) is 4. The first-order valence-electron chi connectivity index (χ1n) is 8.47. The van der Waals surface area contributed by atoms with Crippen LogP contribution in [0.3, 0.4) is 0 Å². The molecule has 0 unspecified atom stereocenters. The van der Waals surface area contributed by atoms with Gasteiger partial charge in [0.1, 0.15) is 11.5 Å². The van der Waals surface area contributed by atoms with Crippen molar-refractivity contribution in [3.63, 3.8) is 0 Å². The SMILES string of the molecule is CC(=O)Cc1ccc(-c2cccc(-c3ncc4ccccc4n3)n2)cc1. The molecule has 4 heteroatoms. The molecule has 0 atom stereocenters. The fourth-order valence-electron chi connectivity index (χ4n) is 2.90. The summed E-state index contributed by atoms with van der Waals surface area (Å²) < 4.78 is 0. The predicted molar refractivity (Wildman–Crippen MR) is 103 cm³/mol. The van der Waals surface area contributed by atoms with Gasteiger partial charge in [-0.2, -0.15) is 0 Å². The van der Waals surface area contributed by atoms with Crippen molar-refractivity contribution in [2.45, 2.75) is 13.3 Å². The van der Waals surface area contributed by atoms with Crippen LogP contribution < -0.4 is 0 Å². The van der Waals surface area contributed by atoms with Gasteiger partial charge in [-0.3, -0.25) is 4.79 Å². The summed E-state index contributed by atoms with van der Waals surface area (Å²) in [6.07, 6.45) is 2.28. The van der Waals surface area contributed by atoms with Gasteiger partial charge >= 0.3 is 0 Å². The molecule has 4 rings (SSSR count). The Hall–Kier alpha value is -3.40.